The topological polar surface area (TPSA) is 246 Å². The van der Waals surface area contributed by atoms with Gasteiger partial charge in [-0.1, -0.05) is 44.4 Å². The molecule has 52 heavy (non-hydrogen) atoms. The average Bonchev–Trinajstić information content (AvgIpc) is 3.13. The first-order chi connectivity index (χ1) is 24.9. The molecule has 0 aliphatic carbocycles. The van der Waals surface area contributed by atoms with Crippen LogP contribution in [0.25, 0.3) is 0 Å². The number of aliphatic hydroxyl groups is 7. The normalized spacial score (nSPS) is 30.5. The minimum absolute atomic E-state index is 0.161. The number of amides is 2. The van der Waals surface area contributed by atoms with Crippen LogP contribution < -0.4 is 15.4 Å². The van der Waals surface area contributed by atoms with Crippen LogP contribution in [0.3, 0.4) is 0 Å². The second kappa shape index (κ2) is 22.5. The highest BCUT2D eigenvalue weighted by molar-refractivity contribution is 5.94. The first-order valence-electron chi connectivity index (χ1n) is 18.1. The summed E-state index contributed by atoms with van der Waals surface area (Å²) in [6, 6.07) is 3.58. The molecule has 9 N–H and O–H groups in total. The predicted octanol–water partition coefficient (Wildman–Crippen LogP) is -0.364. The van der Waals surface area contributed by atoms with Gasteiger partial charge in [0.05, 0.1) is 32.5 Å². The van der Waals surface area contributed by atoms with Crippen molar-refractivity contribution in [3.8, 4) is 5.75 Å². The summed E-state index contributed by atoms with van der Waals surface area (Å²) >= 11 is 0. The summed E-state index contributed by atoms with van der Waals surface area (Å²) in [6.07, 6.45) is -2.72. The molecule has 2 saturated heterocycles. The van der Waals surface area contributed by atoms with Gasteiger partial charge in [0.25, 0.3) is 5.91 Å². The number of ether oxygens (including phenoxy) is 5. The van der Waals surface area contributed by atoms with Crippen LogP contribution in [0.1, 0.15) is 76.1 Å². The van der Waals surface area contributed by atoms with E-state index < -0.39 is 105 Å². The van der Waals surface area contributed by atoms with Gasteiger partial charge in [-0.2, -0.15) is 0 Å². The molecule has 2 aliphatic rings. The molecule has 2 amide bonds. The fraction of sp³-hybridized carbons (Fsp3) is 0.722. The van der Waals surface area contributed by atoms with Gasteiger partial charge in [-0.25, -0.2) is 0 Å². The van der Waals surface area contributed by atoms with Gasteiger partial charge in [-0.05, 0) is 50.8 Å². The van der Waals surface area contributed by atoms with E-state index in [2.05, 4.69) is 29.7 Å². The van der Waals surface area contributed by atoms with Gasteiger partial charge < -0.3 is 70.1 Å². The third-order valence-corrected chi connectivity index (χ3v) is 9.04. The molecule has 0 bridgehead atoms. The first-order valence-corrected chi connectivity index (χ1v) is 18.1. The largest absolute Gasteiger partial charge is 0.494 e. The molecule has 2 fully saturated rings. The van der Waals surface area contributed by atoms with E-state index in [0.717, 1.165) is 19.3 Å². The van der Waals surface area contributed by atoms with Crippen LogP contribution in [-0.2, 0) is 23.7 Å². The van der Waals surface area contributed by atoms with Crippen LogP contribution in [0.15, 0.2) is 36.4 Å². The Hall–Kier alpha value is -2.74. The zero-order valence-electron chi connectivity index (χ0n) is 30.2. The maximum Gasteiger partial charge on any atom is 0.251 e. The highest BCUT2D eigenvalue weighted by Gasteiger charge is 2.52. The molecule has 0 radical (unpaired) electrons. The number of carbonyl (C=O) groups excluding carboxylic acids is 2. The molecule has 296 valence electrons. The Labute approximate surface area is 304 Å². The molecule has 2 aliphatic heterocycles. The summed E-state index contributed by atoms with van der Waals surface area (Å²) in [5.74, 6) is -0.834. The van der Waals surface area contributed by atoms with Crippen molar-refractivity contribution < 1.29 is 69.0 Å². The Morgan fingerprint density at radius 2 is 1.56 bits per heavy atom. The van der Waals surface area contributed by atoms with E-state index in [1.165, 1.54) is 51.7 Å². The number of carbonyl (C=O) groups is 2. The number of nitrogens with one attached hydrogen (secondary N) is 2. The van der Waals surface area contributed by atoms with Crippen molar-refractivity contribution in [3.63, 3.8) is 0 Å². The molecule has 0 aromatic heterocycles. The Morgan fingerprint density at radius 3 is 2.21 bits per heavy atom. The fourth-order valence-corrected chi connectivity index (χ4v) is 5.97. The summed E-state index contributed by atoms with van der Waals surface area (Å²) in [5, 5.41) is 77.7. The molecule has 2 heterocycles. The lowest BCUT2D eigenvalue weighted by atomic mass is 9.94. The lowest BCUT2D eigenvalue weighted by Crippen LogP contribution is -2.69. The van der Waals surface area contributed by atoms with Crippen molar-refractivity contribution in [2.24, 2.45) is 0 Å². The third-order valence-electron chi connectivity index (χ3n) is 9.04. The lowest BCUT2D eigenvalue weighted by Gasteiger charge is -2.48. The van der Waals surface area contributed by atoms with Crippen LogP contribution in [0, 0.1) is 0 Å². The van der Waals surface area contributed by atoms with Gasteiger partial charge in [-0.3, -0.25) is 9.59 Å². The highest BCUT2D eigenvalue weighted by atomic mass is 16.7. The van der Waals surface area contributed by atoms with Crippen molar-refractivity contribution in [1.82, 2.24) is 10.6 Å². The molecule has 12 atom stereocenters. The zero-order chi connectivity index (χ0) is 38.2. The van der Waals surface area contributed by atoms with Crippen molar-refractivity contribution in [1.29, 1.82) is 0 Å². The number of unbranched alkanes of at least 4 members (excludes halogenated alkanes) is 5. The quantitative estimate of drug-likeness (QED) is 0.0577. The van der Waals surface area contributed by atoms with E-state index >= 15 is 0 Å². The van der Waals surface area contributed by atoms with E-state index in [-0.39, 0.29) is 5.56 Å². The maximum atomic E-state index is 13.5. The van der Waals surface area contributed by atoms with Gasteiger partial charge in [0.1, 0.15) is 60.6 Å². The molecule has 3 rings (SSSR count). The Kier molecular flexibility index (Phi) is 18.9. The highest BCUT2D eigenvalue weighted by Crippen LogP contribution is 2.31. The molecule has 0 saturated carbocycles. The average molecular weight is 743 g/mol. The summed E-state index contributed by atoms with van der Waals surface area (Å²) in [4.78, 5) is 25.6. The molecular weight excluding hydrogens is 684 g/mol. The van der Waals surface area contributed by atoms with E-state index in [0.29, 0.717) is 12.4 Å². The lowest BCUT2D eigenvalue weighted by molar-refractivity contribution is -0.337. The maximum absolute atomic E-state index is 13.5. The Morgan fingerprint density at radius 1 is 0.885 bits per heavy atom. The number of hydrogen-bond donors (Lipinski definition) is 9. The molecule has 0 spiro atoms. The van der Waals surface area contributed by atoms with Crippen LogP contribution in [0.5, 0.6) is 5.75 Å². The summed E-state index contributed by atoms with van der Waals surface area (Å²) in [7, 11) is 0. The monoisotopic (exact) mass is 742 g/mol. The summed E-state index contributed by atoms with van der Waals surface area (Å²) < 4.78 is 29.1. The SMILES string of the molecule is CCCCCC/C=C\CCCOc1cccc(C(=O)N[C@@H]2C(O[C@H]3C(O)C(NC(C)=O)[C@H](OC(C)C(O)CO)O[C@H]3CO)OC(CO)[C@@H](O)C2O)c1. The molecule has 1 aromatic carbocycles. The second-order valence-electron chi connectivity index (χ2n) is 13.2. The number of rotatable bonds is 21. The van der Waals surface area contributed by atoms with Gasteiger partial charge >= 0.3 is 0 Å². The summed E-state index contributed by atoms with van der Waals surface area (Å²) in [6.45, 7) is 3.09. The summed E-state index contributed by atoms with van der Waals surface area (Å²) in [5.41, 5.74) is 0.161. The number of benzene rings is 1. The molecule has 1 aromatic rings. The smallest absolute Gasteiger partial charge is 0.251 e. The molecular formula is C36H58N2O14. The minimum atomic E-state index is -1.73. The van der Waals surface area contributed by atoms with Crippen molar-refractivity contribution in [2.45, 2.75) is 139 Å². The second-order valence-corrected chi connectivity index (χ2v) is 13.2. The number of hydrogen-bond acceptors (Lipinski definition) is 14. The number of aliphatic hydroxyl groups excluding tert-OH is 7. The van der Waals surface area contributed by atoms with Crippen LogP contribution in [-0.4, -0.2) is 147 Å². The zero-order valence-corrected chi connectivity index (χ0v) is 30.2. The molecule has 16 heteroatoms. The van der Waals surface area contributed by atoms with Crippen molar-refractivity contribution >= 4 is 11.8 Å². The van der Waals surface area contributed by atoms with E-state index in [4.69, 9.17) is 23.7 Å². The van der Waals surface area contributed by atoms with E-state index in [1.807, 2.05) is 0 Å². The Balaban J connectivity index is 1.72. The van der Waals surface area contributed by atoms with Crippen LogP contribution in [0.2, 0.25) is 0 Å². The predicted molar refractivity (Wildman–Crippen MR) is 186 cm³/mol. The van der Waals surface area contributed by atoms with E-state index in [9.17, 15) is 45.3 Å². The standard InChI is InChI=1S/C36H58N2O14/c1-4-5-6-7-8-9-10-11-12-16-48-24-15-13-14-23(17-24)34(47)38-28-31(45)30(44)26(19-40)50-36(28)52-33-27(20-41)51-35(49-21(2)25(43)18-39)29(32(33)46)37-22(3)42/h9-10,13-15,17,21,25-33,35-36,39-41,43-46H,4-8,11-12,16,18-20H2,1-3H3,(H,37,42)(H,38,47)/b10-9-/t21?,25?,26?,27-,28-,29?,30+,31?,32?,33+,35+,36?/m0/s1. The van der Waals surface area contributed by atoms with Gasteiger partial charge in [0, 0.05) is 12.5 Å². The van der Waals surface area contributed by atoms with Crippen LogP contribution >= 0.6 is 0 Å². The number of allylic oxidation sites excluding steroid dienone is 2. The van der Waals surface area contributed by atoms with Crippen molar-refractivity contribution in [2.75, 3.05) is 26.4 Å². The Bertz CT molecular complexity index is 1240. The van der Waals surface area contributed by atoms with Gasteiger partial charge in [0.15, 0.2) is 12.6 Å². The third kappa shape index (κ3) is 12.7. The van der Waals surface area contributed by atoms with E-state index in [1.54, 1.807) is 12.1 Å². The minimum Gasteiger partial charge on any atom is -0.494 e. The first kappa shape index (κ1) is 43.7. The van der Waals surface area contributed by atoms with Crippen molar-refractivity contribution in [3.05, 3.63) is 42.0 Å². The van der Waals surface area contributed by atoms with Gasteiger partial charge in [0.2, 0.25) is 5.91 Å². The molecule has 16 nitrogen and oxygen atoms in total. The fourth-order valence-electron chi connectivity index (χ4n) is 5.97. The van der Waals surface area contributed by atoms with Crippen LogP contribution in [0.4, 0.5) is 0 Å². The van der Waals surface area contributed by atoms with Gasteiger partial charge in [-0.15, -0.1) is 0 Å². The molecule has 7 unspecified atom stereocenters.